The van der Waals surface area contributed by atoms with E-state index in [4.69, 9.17) is 5.73 Å². The molecule has 2 N–H and O–H groups in total. The van der Waals surface area contributed by atoms with Crippen molar-refractivity contribution in [1.29, 1.82) is 0 Å². The third-order valence-corrected chi connectivity index (χ3v) is 4.00. The summed E-state index contributed by atoms with van der Waals surface area (Å²) in [6.07, 6.45) is 3.87. The lowest BCUT2D eigenvalue weighted by atomic mass is 9.80. The summed E-state index contributed by atoms with van der Waals surface area (Å²) in [5.41, 5.74) is 6.38. The zero-order chi connectivity index (χ0) is 14.0. The molecule has 1 aromatic heterocycles. The minimum atomic E-state index is -0.482. The van der Waals surface area contributed by atoms with Gasteiger partial charge in [0.2, 0.25) is 0 Å². The Bertz CT molecular complexity index is 461. The molecular weight excluding hydrogens is 244 g/mol. The van der Waals surface area contributed by atoms with E-state index in [1.165, 1.54) is 7.11 Å². The normalized spacial score (nSPS) is 19.3. The number of esters is 1. The fraction of sp³-hybridized carbons (Fsp3) is 0.692. The molecular formula is C13H22N4O2. The van der Waals surface area contributed by atoms with Crippen molar-refractivity contribution in [3.8, 4) is 0 Å². The van der Waals surface area contributed by atoms with Gasteiger partial charge in [0.05, 0.1) is 13.4 Å². The number of rotatable bonds is 3. The predicted molar refractivity (Wildman–Crippen MR) is 72.8 cm³/mol. The van der Waals surface area contributed by atoms with Crippen molar-refractivity contribution in [1.82, 2.24) is 14.5 Å². The largest absolute Gasteiger partial charge is 0.464 e. The summed E-state index contributed by atoms with van der Waals surface area (Å²) in [4.78, 5) is 17.9. The van der Waals surface area contributed by atoms with E-state index in [1.807, 2.05) is 4.57 Å². The van der Waals surface area contributed by atoms with Gasteiger partial charge in [0.1, 0.15) is 5.82 Å². The van der Waals surface area contributed by atoms with E-state index in [1.54, 1.807) is 6.33 Å². The molecule has 19 heavy (non-hydrogen) atoms. The van der Waals surface area contributed by atoms with E-state index in [-0.39, 0.29) is 11.1 Å². The van der Waals surface area contributed by atoms with E-state index in [0.717, 1.165) is 32.5 Å². The van der Waals surface area contributed by atoms with Gasteiger partial charge in [-0.1, -0.05) is 6.92 Å². The minimum absolute atomic E-state index is 0.203. The predicted octanol–water partition coefficient (Wildman–Crippen LogP) is 0.984. The Hall–Kier alpha value is -1.56. The topological polar surface area (TPSA) is 73.4 Å². The van der Waals surface area contributed by atoms with Gasteiger partial charge in [0.25, 0.3) is 0 Å². The van der Waals surface area contributed by atoms with E-state index >= 15 is 0 Å². The smallest absolute Gasteiger partial charge is 0.360 e. The second-order valence-electron chi connectivity index (χ2n) is 5.71. The van der Waals surface area contributed by atoms with Gasteiger partial charge in [0, 0.05) is 6.54 Å². The Kier molecular flexibility index (Phi) is 3.80. The molecule has 2 rings (SSSR count). The summed E-state index contributed by atoms with van der Waals surface area (Å²) in [5.74, 6) is -0.0863. The number of ether oxygens (including phenoxy) is 1. The lowest BCUT2D eigenvalue weighted by molar-refractivity contribution is 0.0595. The lowest BCUT2D eigenvalue weighted by Gasteiger charge is -2.38. The Morgan fingerprint density at radius 2 is 2.16 bits per heavy atom. The van der Waals surface area contributed by atoms with Crippen LogP contribution in [0.15, 0.2) is 6.33 Å². The first-order valence-corrected chi connectivity index (χ1v) is 6.53. The molecule has 106 valence electrons. The van der Waals surface area contributed by atoms with Crippen molar-refractivity contribution >= 4 is 11.8 Å². The first-order valence-electron chi connectivity index (χ1n) is 6.53. The molecule has 0 saturated carbocycles. The Labute approximate surface area is 113 Å². The number of likely N-dealkylation sites (tertiary alicyclic amines) is 1. The first kappa shape index (κ1) is 13.9. The Balaban J connectivity index is 2.11. The molecule has 0 spiro atoms. The van der Waals surface area contributed by atoms with Gasteiger partial charge in [-0.2, -0.15) is 0 Å². The highest BCUT2D eigenvalue weighted by Gasteiger charge is 2.30. The Morgan fingerprint density at radius 1 is 1.53 bits per heavy atom. The standard InChI is InChI=1S/C13H22N4O2/c1-13(4-6-16(2)7-5-13)8-17-9-15-10(11(17)14)12(18)19-3/h9H,4-8,14H2,1-3H3. The zero-order valence-electron chi connectivity index (χ0n) is 11.8. The molecule has 0 radical (unpaired) electrons. The van der Waals surface area contributed by atoms with Crippen LogP contribution in [0.25, 0.3) is 0 Å². The van der Waals surface area contributed by atoms with Crippen molar-refractivity contribution < 1.29 is 9.53 Å². The summed E-state index contributed by atoms with van der Waals surface area (Å²) in [6.45, 7) is 5.23. The van der Waals surface area contributed by atoms with Crippen LogP contribution in [0.1, 0.15) is 30.3 Å². The molecule has 1 aliphatic heterocycles. The van der Waals surface area contributed by atoms with Crippen molar-refractivity contribution in [2.75, 3.05) is 33.0 Å². The molecule has 0 aliphatic carbocycles. The fourth-order valence-electron chi connectivity index (χ4n) is 2.50. The summed E-state index contributed by atoms with van der Waals surface area (Å²) >= 11 is 0. The summed E-state index contributed by atoms with van der Waals surface area (Å²) < 4.78 is 6.52. The molecule has 6 nitrogen and oxygen atoms in total. The number of anilines is 1. The van der Waals surface area contributed by atoms with Crippen LogP contribution in [0.4, 0.5) is 5.82 Å². The number of hydrogen-bond donors (Lipinski definition) is 1. The van der Waals surface area contributed by atoms with Gasteiger partial charge >= 0.3 is 5.97 Å². The minimum Gasteiger partial charge on any atom is -0.464 e. The molecule has 1 saturated heterocycles. The zero-order valence-corrected chi connectivity index (χ0v) is 11.8. The van der Waals surface area contributed by atoms with Crippen LogP contribution in [0.2, 0.25) is 0 Å². The first-order chi connectivity index (χ1) is 8.95. The lowest BCUT2D eigenvalue weighted by Crippen LogP contribution is -2.38. The molecule has 0 atom stereocenters. The van der Waals surface area contributed by atoms with E-state index in [2.05, 4.69) is 28.6 Å². The van der Waals surface area contributed by atoms with Gasteiger partial charge in [0.15, 0.2) is 5.69 Å². The number of nitrogen functional groups attached to an aromatic ring is 1. The quantitative estimate of drug-likeness (QED) is 0.826. The highest BCUT2D eigenvalue weighted by atomic mass is 16.5. The van der Waals surface area contributed by atoms with Crippen LogP contribution >= 0.6 is 0 Å². The number of aromatic nitrogens is 2. The maximum atomic E-state index is 11.5. The number of carbonyl (C=O) groups excluding carboxylic acids is 1. The summed E-state index contributed by atoms with van der Waals surface area (Å²) in [5, 5.41) is 0. The van der Waals surface area contributed by atoms with Crippen molar-refractivity contribution in [3.05, 3.63) is 12.0 Å². The summed E-state index contributed by atoms with van der Waals surface area (Å²) in [7, 11) is 3.47. The van der Waals surface area contributed by atoms with Crippen molar-refractivity contribution in [2.24, 2.45) is 5.41 Å². The van der Waals surface area contributed by atoms with E-state index in [9.17, 15) is 4.79 Å². The van der Waals surface area contributed by atoms with Crippen molar-refractivity contribution in [3.63, 3.8) is 0 Å². The van der Waals surface area contributed by atoms with E-state index in [0.29, 0.717) is 5.82 Å². The number of hydrogen-bond acceptors (Lipinski definition) is 5. The molecule has 1 fully saturated rings. The Morgan fingerprint density at radius 3 is 2.74 bits per heavy atom. The van der Waals surface area contributed by atoms with Crippen LogP contribution in [0, 0.1) is 5.41 Å². The molecule has 0 bridgehead atoms. The van der Waals surface area contributed by atoms with Gasteiger partial charge < -0.3 is 19.9 Å². The highest BCUT2D eigenvalue weighted by Crippen LogP contribution is 2.33. The van der Waals surface area contributed by atoms with Gasteiger partial charge in [-0.15, -0.1) is 0 Å². The third-order valence-electron chi connectivity index (χ3n) is 4.00. The van der Waals surface area contributed by atoms with Gasteiger partial charge in [-0.25, -0.2) is 9.78 Å². The van der Waals surface area contributed by atoms with Gasteiger partial charge in [-0.3, -0.25) is 0 Å². The second-order valence-corrected chi connectivity index (χ2v) is 5.71. The fourth-order valence-corrected chi connectivity index (χ4v) is 2.50. The SMILES string of the molecule is COC(=O)c1ncn(CC2(C)CCN(C)CC2)c1N. The molecule has 2 heterocycles. The monoisotopic (exact) mass is 266 g/mol. The van der Waals surface area contributed by atoms with Crippen LogP contribution in [0.3, 0.4) is 0 Å². The molecule has 0 amide bonds. The molecule has 0 aromatic carbocycles. The average molecular weight is 266 g/mol. The third kappa shape index (κ3) is 2.89. The number of methoxy groups -OCH3 is 1. The molecule has 0 unspecified atom stereocenters. The number of carbonyl (C=O) groups is 1. The number of nitrogens with two attached hydrogens (primary N) is 1. The second kappa shape index (κ2) is 5.21. The average Bonchev–Trinajstić information content (AvgIpc) is 2.74. The van der Waals surface area contributed by atoms with Crippen LogP contribution < -0.4 is 5.73 Å². The summed E-state index contributed by atoms with van der Waals surface area (Å²) in [6, 6.07) is 0. The highest BCUT2D eigenvalue weighted by molar-refractivity contribution is 5.92. The maximum absolute atomic E-state index is 11.5. The van der Waals surface area contributed by atoms with Crippen LogP contribution in [0.5, 0.6) is 0 Å². The number of nitrogens with zero attached hydrogens (tertiary/aromatic N) is 3. The number of piperidine rings is 1. The van der Waals surface area contributed by atoms with Crippen LogP contribution in [-0.4, -0.2) is 47.7 Å². The maximum Gasteiger partial charge on any atom is 0.360 e. The van der Waals surface area contributed by atoms with Crippen molar-refractivity contribution in [2.45, 2.75) is 26.3 Å². The molecule has 1 aliphatic rings. The van der Waals surface area contributed by atoms with E-state index < -0.39 is 5.97 Å². The molecule has 1 aromatic rings. The van der Waals surface area contributed by atoms with Gasteiger partial charge in [-0.05, 0) is 38.4 Å². The van der Waals surface area contributed by atoms with Crippen LogP contribution in [-0.2, 0) is 11.3 Å². The molecule has 6 heteroatoms. The number of imidazole rings is 1.